The fourth-order valence-electron chi connectivity index (χ4n) is 1.90. The maximum atomic E-state index is 12.3. The average molecular weight is 383 g/mol. The van der Waals surface area contributed by atoms with Crippen LogP contribution < -0.4 is 15.4 Å². The van der Waals surface area contributed by atoms with Crippen LogP contribution in [0.3, 0.4) is 0 Å². The molecular weight excluding hydrogens is 367 g/mol. The topological polar surface area (TPSA) is 50.4 Å². The molecule has 0 radical (unpaired) electrons. The van der Waals surface area contributed by atoms with Gasteiger partial charge in [-0.05, 0) is 62.5 Å². The van der Waals surface area contributed by atoms with E-state index in [9.17, 15) is 4.79 Å². The Morgan fingerprint density at radius 2 is 1.92 bits per heavy atom. The minimum absolute atomic E-state index is 0.0241. The number of ether oxygens (including phenoxy) is 1. The van der Waals surface area contributed by atoms with Gasteiger partial charge in [0, 0.05) is 10.6 Å². The number of halogens is 2. The molecule has 0 saturated carbocycles. The van der Waals surface area contributed by atoms with Crippen molar-refractivity contribution in [2.24, 2.45) is 0 Å². The van der Waals surface area contributed by atoms with Crippen LogP contribution in [0.15, 0.2) is 42.5 Å². The zero-order chi connectivity index (χ0) is 17.7. The summed E-state index contributed by atoms with van der Waals surface area (Å²) in [6.45, 7) is 3.83. The van der Waals surface area contributed by atoms with Crippen molar-refractivity contribution in [3.05, 3.63) is 58.1 Å². The van der Waals surface area contributed by atoms with Crippen molar-refractivity contribution in [3.63, 3.8) is 0 Å². The van der Waals surface area contributed by atoms with Crippen molar-refractivity contribution in [1.29, 1.82) is 0 Å². The van der Waals surface area contributed by atoms with Crippen molar-refractivity contribution in [2.45, 2.75) is 20.0 Å². The van der Waals surface area contributed by atoms with Gasteiger partial charge in [-0.2, -0.15) is 0 Å². The first-order valence-electron chi connectivity index (χ1n) is 7.19. The van der Waals surface area contributed by atoms with E-state index >= 15 is 0 Å². The van der Waals surface area contributed by atoms with Crippen LogP contribution in [0, 0.1) is 0 Å². The fourth-order valence-corrected chi connectivity index (χ4v) is 2.44. The molecule has 0 aliphatic carbocycles. The number of carbonyl (C=O) groups excluding carboxylic acids is 1. The lowest BCUT2D eigenvalue weighted by molar-refractivity contribution is 0.0977. The summed E-state index contributed by atoms with van der Waals surface area (Å²) >= 11 is 17.1. The van der Waals surface area contributed by atoms with Gasteiger partial charge in [-0.25, -0.2) is 0 Å². The maximum absolute atomic E-state index is 12.3. The molecule has 2 aromatic carbocycles. The van der Waals surface area contributed by atoms with Crippen LogP contribution in [0.1, 0.15) is 24.2 Å². The number of nitrogens with one attached hydrogen (secondary N) is 2. The smallest absolute Gasteiger partial charge is 0.257 e. The number of carbonyl (C=O) groups is 1. The Bertz CT molecular complexity index is 766. The first kappa shape index (κ1) is 18.5. The third-order valence-corrected chi connectivity index (χ3v) is 3.64. The third-order valence-electron chi connectivity index (χ3n) is 2.87. The molecule has 0 aliphatic heterocycles. The molecule has 4 nitrogen and oxygen atoms in total. The molecule has 0 saturated heterocycles. The molecule has 2 N–H and O–H groups in total. The summed E-state index contributed by atoms with van der Waals surface area (Å²) in [5.41, 5.74) is 0.959. The Labute approximate surface area is 156 Å². The van der Waals surface area contributed by atoms with E-state index in [0.717, 1.165) is 0 Å². The lowest BCUT2D eigenvalue weighted by atomic mass is 10.2. The summed E-state index contributed by atoms with van der Waals surface area (Å²) in [7, 11) is 0. The largest absolute Gasteiger partial charge is 0.491 e. The second kappa shape index (κ2) is 8.33. The molecule has 7 heteroatoms. The van der Waals surface area contributed by atoms with Gasteiger partial charge in [0.1, 0.15) is 5.75 Å². The third kappa shape index (κ3) is 5.37. The molecule has 1 amide bonds. The van der Waals surface area contributed by atoms with E-state index < -0.39 is 0 Å². The van der Waals surface area contributed by atoms with Gasteiger partial charge in [-0.15, -0.1) is 0 Å². The molecule has 0 unspecified atom stereocenters. The van der Waals surface area contributed by atoms with Crippen LogP contribution in [0.2, 0.25) is 10.0 Å². The van der Waals surface area contributed by atoms with Crippen LogP contribution in [0.4, 0.5) is 5.69 Å². The van der Waals surface area contributed by atoms with Crippen molar-refractivity contribution >= 4 is 52.1 Å². The molecule has 0 fully saturated rings. The number of thiocarbonyl (C=S) groups is 1. The predicted molar refractivity (Wildman–Crippen MR) is 102 cm³/mol. The summed E-state index contributed by atoms with van der Waals surface area (Å²) < 4.78 is 5.57. The lowest BCUT2D eigenvalue weighted by Gasteiger charge is -2.13. The van der Waals surface area contributed by atoms with E-state index in [-0.39, 0.29) is 17.1 Å². The van der Waals surface area contributed by atoms with Gasteiger partial charge >= 0.3 is 0 Å². The number of amides is 1. The Morgan fingerprint density at radius 3 is 2.62 bits per heavy atom. The van der Waals surface area contributed by atoms with E-state index in [2.05, 4.69) is 10.6 Å². The molecule has 0 atom stereocenters. The van der Waals surface area contributed by atoms with Gasteiger partial charge in [0.25, 0.3) is 5.91 Å². The highest BCUT2D eigenvalue weighted by Crippen LogP contribution is 2.25. The summed E-state index contributed by atoms with van der Waals surface area (Å²) in [6.07, 6.45) is 0.0241. The quantitative estimate of drug-likeness (QED) is 0.737. The van der Waals surface area contributed by atoms with E-state index in [1.807, 2.05) is 13.8 Å². The van der Waals surface area contributed by atoms with Crippen molar-refractivity contribution in [2.75, 3.05) is 5.32 Å². The molecule has 2 aromatic rings. The minimum atomic E-state index is -0.347. The van der Waals surface area contributed by atoms with Gasteiger partial charge in [-0.3, -0.25) is 10.1 Å². The monoisotopic (exact) mass is 382 g/mol. The molecule has 2 rings (SSSR count). The summed E-state index contributed by atoms with van der Waals surface area (Å²) in [5, 5.41) is 6.53. The fraction of sp³-hybridized carbons (Fsp3) is 0.176. The Hall–Kier alpha value is -1.82. The average Bonchev–Trinajstić information content (AvgIpc) is 2.50. The maximum Gasteiger partial charge on any atom is 0.257 e. The molecule has 0 bridgehead atoms. The Kier molecular flexibility index (Phi) is 6.43. The van der Waals surface area contributed by atoms with Crippen LogP contribution >= 0.6 is 35.4 Å². The first-order valence-corrected chi connectivity index (χ1v) is 8.35. The molecule has 0 aliphatic rings. The van der Waals surface area contributed by atoms with E-state index in [4.69, 9.17) is 40.2 Å². The second-order valence-electron chi connectivity index (χ2n) is 5.23. The van der Waals surface area contributed by atoms with E-state index in [0.29, 0.717) is 27.0 Å². The normalized spacial score (nSPS) is 10.4. The Morgan fingerprint density at radius 1 is 1.17 bits per heavy atom. The van der Waals surface area contributed by atoms with Gasteiger partial charge in [0.15, 0.2) is 5.11 Å². The van der Waals surface area contributed by atoms with Crippen molar-refractivity contribution in [1.82, 2.24) is 5.32 Å². The van der Waals surface area contributed by atoms with Gasteiger partial charge < -0.3 is 10.1 Å². The molecule has 126 valence electrons. The van der Waals surface area contributed by atoms with Gasteiger partial charge in [-0.1, -0.05) is 29.3 Å². The van der Waals surface area contributed by atoms with Crippen molar-refractivity contribution < 1.29 is 9.53 Å². The zero-order valence-electron chi connectivity index (χ0n) is 13.1. The molecule has 0 aromatic heterocycles. The SMILES string of the molecule is CC(C)Oc1cccc(C(=O)NC(=S)Nc2cc(Cl)ccc2Cl)c1. The summed E-state index contributed by atoms with van der Waals surface area (Å²) in [6, 6.07) is 11.8. The highest BCUT2D eigenvalue weighted by Gasteiger charge is 2.11. The standard InChI is InChI=1S/C17H16Cl2N2O2S/c1-10(2)23-13-5-3-4-11(8-13)16(22)21-17(24)20-15-9-12(18)6-7-14(15)19/h3-10H,1-2H3,(H2,20,21,22,24). The van der Waals surface area contributed by atoms with Crippen LogP contribution in [-0.2, 0) is 0 Å². The molecule has 24 heavy (non-hydrogen) atoms. The number of hydrogen-bond acceptors (Lipinski definition) is 3. The van der Waals surface area contributed by atoms with Gasteiger partial charge in [0.05, 0.1) is 16.8 Å². The molecule has 0 heterocycles. The number of hydrogen-bond donors (Lipinski definition) is 2. The highest BCUT2D eigenvalue weighted by atomic mass is 35.5. The van der Waals surface area contributed by atoms with Crippen LogP contribution in [0.5, 0.6) is 5.75 Å². The molecule has 0 spiro atoms. The molecular formula is C17H16Cl2N2O2S. The van der Waals surface area contributed by atoms with Crippen LogP contribution in [-0.4, -0.2) is 17.1 Å². The second-order valence-corrected chi connectivity index (χ2v) is 6.48. The highest BCUT2D eigenvalue weighted by molar-refractivity contribution is 7.80. The number of rotatable bonds is 4. The number of benzene rings is 2. The Balaban J connectivity index is 2.03. The predicted octanol–water partition coefficient (Wildman–Crippen LogP) is 4.91. The summed E-state index contributed by atoms with van der Waals surface area (Å²) in [4.78, 5) is 12.3. The first-order chi connectivity index (χ1) is 11.3. The number of anilines is 1. The summed E-state index contributed by atoms with van der Waals surface area (Å²) in [5.74, 6) is 0.272. The lowest BCUT2D eigenvalue weighted by Crippen LogP contribution is -2.34. The van der Waals surface area contributed by atoms with Gasteiger partial charge in [0.2, 0.25) is 0 Å². The van der Waals surface area contributed by atoms with E-state index in [1.54, 1.807) is 42.5 Å². The zero-order valence-corrected chi connectivity index (χ0v) is 15.4. The van der Waals surface area contributed by atoms with Crippen LogP contribution in [0.25, 0.3) is 0 Å². The van der Waals surface area contributed by atoms with E-state index in [1.165, 1.54) is 0 Å². The minimum Gasteiger partial charge on any atom is -0.491 e. The van der Waals surface area contributed by atoms with Crippen molar-refractivity contribution in [3.8, 4) is 5.75 Å².